The van der Waals surface area contributed by atoms with Gasteiger partial charge in [0.1, 0.15) is 0 Å². The summed E-state index contributed by atoms with van der Waals surface area (Å²) < 4.78 is 1.79. The van der Waals surface area contributed by atoms with Gasteiger partial charge in [0.15, 0.2) is 11.0 Å². The van der Waals surface area contributed by atoms with Crippen molar-refractivity contribution in [1.29, 1.82) is 0 Å². The van der Waals surface area contributed by atoms with Crippen LogP contribution in [0.2, 0.25) is 5.02 Å². The van der Waals surface area contributed by atoms with Crippen molar-refractivity contribution in [3.05, 3.63) is 64.9 Å². The quantitative estimate of drug-likeness (QED) is 0.627. The highest BCUT2D eigenvalue weighted by molar-refractivity contribution is 7.99. The summed E-state index contributed by atoms with van der Waals surface area (Å²) >= 11 is 7.16. The van der Waals surface area contributed by atoms with Crippen molar-refractivity contribution in [2.75, 3.05) is 11.1 Å². The van der Waals surface area contributed by atoms with Crippen molar-refractivity contribution in [3.8, 4) is 5.69 Å². The second kappa shape index (κ2) is 8.25. The van der Waals surface area contributed by atoms with Gasteiger partial charge in [-0.15, -0.1) is 10.2 Å². The molecule has 26 heavy (non-hydrogen) atoms. The minimum Gasteiger partial charge on any atom is -0.549 e. The van der Waals surface area contributed by atoms with Gasteiger partial charge in [0.25, 0.3) is 0 Å². The Hall–Kier alpha value is -2.51. The lowest BCUT2D eigenvalue weighted by Gasteiger charge is -2.12. The van der Waals surface area contributed by atoms with E-state index in [2.05, 4.69) is 15.5 Å². The highest BCUT2D eigenvalue weighted by Gasteiger charge is 2.15. The van der Waals surface area contributed by atoms with Crippen LogP contribution in [-0.4, -0.2) is 26.5 Å². The predicted molar refractivity (Wildman–Crippen MR) is 101 cm³/mol. The number of carbonyl (C=O) groups excluding carboxylic acids is 1. The topological polar surface area (TPSA) is 82.9 Å². The molecule has 134 valence electrons. The summed E-state index contributed by atoms with van der Waals surface area (Å²) in [5.74, 6) is -0.715. The highest BCUT2D eigenvalue weighted by Crippen LogP contribution is 2.24. The maximum Gasteiger partial charge on any atom is 0.196 e. The molecule has 6 nitrogen and oxygen atoms in total. The SMILES string of the molecule is Cc1ccc(NCc2nnc(SCC(=O)[O-])n2-c2cccc(Cl)c2)cc1. The number of anilines is 1. The number of carboxylic acids is 1. The number of carboxylic acid groups (broad SMARTS) is 1. The Morgan fingerprint density at radius 3 is 2.69 bits per heavy atom. The number of halogens is 1. The fourth-order valence-electron chi connectivity index (χ4n) is 2.36. The maximum atomic E-state index is 10.8. The normalized spacial score (nSPS) is 10.7. The maximum absolute atomic E-state index is 10.8. The minimum atomic E-state index is -1.16. The van der Waals surface area contributed by atoms with Gasteiger partial charge >= 0.3 is 0 Å². The third-order valence-corrected chi connectivity index (χ3v) is 4.73. The van der Waals surface area contributed by atoms with E-state index in [0.717, 1.165) is 23.1 Å². The number of nitrogens with zero attached hydrogens (tertiary/aromatic N) is 3. The van der Waals surface area contributed by atoms with Gasteiger partial charge < -0.3 is 15.2 Å². The van der Waals surface area contributed by atoms with Crippen molar-refractivity contribution in [2.24, 2.45) is 0 Å². The van der Waals surface area contributed by atoms with E-state index in [1.54, 1.807) is 16.7 Å². The Kier molecular flexibility index (Phi) is 5.80. The van der Waals surface area contributed by atoms with Gasteiger partial charge in [-0.1, -0.05) is 47.1 Å². The van der Waals surface area contributed by atoms with Gasteiger partial charge in [-0.2, -0.15) is 0 Å². The van der Waals surface area contributed by atoms with E-state index in [0.29, 0.717) is 22.5 Å². The van der Waals surface area contributed by atoms with E-state index in [-0.39, 0.29) is 5.75 Å². The Balaban J connectivity index is 1.88. The molecule has 1 aromatic heterocycles. The molecule has 0 aliphatic carbocycles. The van der Waals surface area contributed by atoms with Crippen LogP contribution in [0.1, 0.15) is 11.4 Å². The van der Waals surface area contributed by atoms with Crippen LogP contribution in [-0.2, 0) is 11.3 Å². The fourth-order valence-corrected chi connectivity index (χ4v) is 3.23. The number of nitrogens with one attached hydrogen (secondary N) is 1. The van der Waals surface area contributed by atoms with Crippen LogP contribution in [0.4, 0.5) is 5.69 Å². The molecule has 0 saturated heterocycles. The van der Waals surface area contributed by atoms with Gasteiger partial charge in [-0.05, 0) is 37.3 Å². The summed E-state index contributed by atoms with van der Waals surface area (Å²) in [6.45, 7) is 2.45. The number of aryl methyl sites for hydroxylation is 1. The van der Waals surface area contributed by atoms with Crippen LogP contribution in [0, 0.1) is 6.92 Å². The van der Waals surface area contributed by atoms with Crippen molar-refractivity contribution >= 4 is 35.0 Å². The molecule has 8 heteroatoms. The number of rotatable bonds is 7. The first-order valence-electron chi connectivity index (χ1n) is 7.86. The molecule has 1 heterocycles. The van der Waals surface area contributed by atoms with Crippen molar-refractivity contribution in [2.45, 2.75) is 18.6 Å². The van der Waals surface area contributed by atoms with E-state index < -0.39 is 5.97 Å². The van der Waals surface area contributed by atoms with Gasteiger partial charge in [0, 0.05) is 16.5 Å². The Morgan fingerprint density at radius 2 is 2.00 bits per heavy atom. The summed E-state index contributed by atoms with van der Waals surface area (Å²) in [6, 6.07) is 15.3. The first-order valence-corrected chi connectivity index (χ1v) is 9.23. The monoisotopic (exact) mass is 387 g/mol. The Labute approximate surface area is 160 Å². The summed E-state index contributed by atoms with van der Waals surface area (Å²) in [7, 11) is 0. The standard InChI is InChI=1S/C18H17ClN4O2S/c1-12-5-7-14(8-6-12)20-10-16-21-22-18(26-11-17(24)25)23(16)15-4-2-3-13(19)9-15/h2-9,20H,10-11H2,1H3,(H,24,25)/p-1. The first-order chi connectivity index (χ1) is 12.5. The van der Waals surface area contributed by atoms with Gasteiger partial charge in [0.05, 0.1) is 18.2 Å². The molecule has 3 aromatic rings. The molecule has 0 saturated carbocycles. The Bertz CT molecular complexity index is 912. The number of hydrogen-bond acceptors (Lipinski definition) is 6. The summed E-state index contributed by atoms with van der Waals surface area (Å²) in [5.41, 5.74) is 2.91. The van der Waals surface area contributed by atoms with Crippen LogP contribution in [0.25, 0.3) is 5.69 Å². The lowest BCUT2D eigenvalue weighted by molar-refractivity contribution is -0.301. The molecule has 1 N–H and O–H groups in total. The molecule has 0 amide bonds. The van der Waals surface area contributed by atoms with Crippen LogP contribution >= 0.6 is 23.4 Å². The molecular weight excluding hydrogens is 372 g/mol. The predicted octanol–water partition coefficient (Wildman–Crippen LogP) is 2.68. The second-order valence-electron chi connectivity index (χ2n) is 5.59. The smallest absolute Gasteiger partial charge is 0.196 e. The molecule has 0 fully saturated rings. The zero-order valence-electron chi connectivity index (χ0n) is 14.0. The summed E-state index contributed by atoms with van der Waals surface area (Å²) in [4.78, 5) is 10.8. The number of carbonyl (C=O) groups is 1. The summed E-state index contributed by atoms with van der Waals surface area (Å²) in [5, 5.41) is 23.5. The molecule has 0 radical (unpaired) electrons. The number of aliphatic carboxylic acids is 1. The van der Waals surface area contributed by atoms with E-state index in [1.165, 1.54) is 5.56 Å². The zero-order valence-corrected chi connectivity index (χ0v) is 15.5. The van der Waals surface area contributed by atoms with Crippen LogP contribution < -0.4 is 10.4 Å². The molecule has 2 aromatic carbocycles. The van der Waals surface area contributed by atoms with E-state index >= 15 is 0 Å². The van der Waals surface area contributed by atoms with Crippen molar-refractivity contribution in [3.63, 3.8) is 0 Å². The highest BCUT2D eigenvalue weighted by atomic mass is 35.5. The largest absolute Gasteiger partial charge is 0.549 e. The van der Waals surface area contributed by atoms with E-state index in [1.807, 2.05) is 43.3 Å². The molecule has 0 bridgehead atoms. The van der Waals surface area contributed by atoms with Crippen molar-refractivity contribution < 1.29 is 9.90 Å². The van der Waals surface area contributed by atoms with Crippen LogP contribution in [0.15, 0.2) is 53.7 Å². The number of benzene rings is 2. The molecule has 0 aliphatic heterocycles. The van der Waals surface area contributed by atoms with E-state index in [4.69, 9.17) is 11.6 Å². The number of hydrogen-bond donors (Lipinski definition) is 1. The summed E-state index contributed by atoms with van der Waals surface area (Å²) in [6.07, 6.45) is 0. The first kappa shape index (κ1) is 18.3. The van der Waals surface area contributed by atoms with Crippen molar-refractivity contribution in [1.82, 2.24) is 14.8 Å². The Morgan fingerprint density at radius 1 is 1.23 bits per heavy atom. The van der Waals surface area contributed by atoms with Gasteiger partial charge in [-0.25, -0.2) is 0 Å². The van der Waals surface area contributed by atoms with Crippen LogP contribution in [0.3, 0.4) is 0 Å². The average Bonchev–Trinajstić information content (AvgIpc) is 3.02. The lowest BCUT2D eigenvalue weighted by atomic mass is 10.2. The number of thioether (sulfide) groups is 1. The van der Waals surface area contributed by atoms with E-state index in [9.17, 15) is 9.90 Å². The minimum absolute atomic E-state index is 0.204. The van der Waals surface area contributed by atoms with Gasteiger partial charge in [0.2, 0.25) is 0 Å². The average molecular weight is 388 g/mol. The second-order valence-corrected chi connectivity index (χ2v) is 6.97. The lowest BCUT2D eigenvalue weighted by Crippen LogP contribution is -2.24. The fraction of sp³-hybridized carbons (Fsp3) is 0.167. The molecule has 0 unspecified atom stereocenters. The third kappa shape index (κ3) is 4.56. The zero-order chi connectivity index (χ0) is 18.5. The molecule has 0 aliphatic rings. The molecular formula is C18H16ClN4O2S-. The molecule has 0 atom stereocenters. The molecule has 0 spiro atoms. The van der Waals surface area contributed by atoms with Gasteiger partial charge in [-0.3, -0.25) is 4.57 Å². The third-order valence-electron chi connectivity index (χ3n) is 3.59. The number of aromatic nitrogens is 3. The molecule has 3 rings (SSSR count). The van der Waals surface area contributed by atoms with Crippen LogP contribution in [0.5, 0.6) is 0 Å².